The molecular formula is C8H10N4O. The highest BCUT2D eigenvalue weighted by molar-refractivity contribution is 5.92. The van der Waals surface area contributed by atoms with Gasteiger partial charge in [0, 0.05) is 13.2 Å². The van der Waals surface area contributed by atoms with Crippen molar-refractivity contribution in [2.45, 2.75) is 13.5 Å². The summed E-state index contributed by atoms with van der Waals surface area (Å²) in [5.41, 5.74) is 1.63. The van der Waals surface area contributed by atoms with E-state index in [0.717, 1.165) is 11.4 Å². The summed E-state index contributed by atoms with van der Waals surface area (Å²) >= 11 is 0. The number of rotatable bonds is 0. The van der Waals surface area contributed by atoms with Crippen molar-refractivity contribution in [2.24, 2.45) is 0 Å². The minimum atomic E-state index is -0.132. The lowest BCUT2D eigenvalue weighted by Gasteiger charge is -2.24. The van der Waals surface area contributed by atoms with Gasteiger partial charge in [0.25, 0.3) is 0 Å². The topological polar surface area (TPSA) is 58.1 Å². The van der Waals surface area contributed by atoms with Crippen molar-refractivity contribution in [1.29, 1.82) is 0 Å². The number of anilines is 1. The molecule has 0 spiro atoms. The Morgan fingerprint density at radius 3 is 3.15 bits per heavy atom. The Labute approximate surface area is 75.8 Å². The molecular weight excluding hydrogens is 168 g/mol. The second-order valence-electron chi connectivity index (χ2n) is 3.00. The van der Waals surface area contributed by atoms with Crippen molar-refractivity contribution in [1.82, 2.24) is 15.3 Å². The first-order valence-electron chi connectivity index (χ1n) is 4.02. The number of amides is 2. The van der Waals surface area contributed by atoms with E-state index < -0.39 is 0 Å². The molecule has 1 aromatic rings. The number of urea groups is 1. The first-order valence-corrected chi connectivity index (χ1v) is 4.02. The van der Waals surface area contributed by atoms with Gasteiger partial charge < -0.3 is 5.32 Å². The lowest BCUT2D eigenvalue weighted by atomic mass is 10.3. The van der Waals surface area contributed by atoms with Gasteiger partial charge in [-0.05, 0) is 6.92 Å². The van der Waals surface area contributed by atoms with Gasteiger partial charge in [0.15, 0.2) is 5.82 Å². The van der Waals surface area contributed by atoms with Crippen LogP contribution in [0.15, 0.2) is 6.20 Å². The highest BCUT2D eigenvalue weighted by Crippen LogP contribution is 2.17. The molecule has 5 nitrogen and oxygen atoms in total. The normalized spacial score (nSPS) is 15.2. The maximum atomic E-state index is 11.2. The van der Waals surface area contributed by atoms with Gasteiger partial charge in [-0.2, -0.15) is 0 Å². The van der Waals surface area contributed by atoms with Crippen LogP contribution in [0.2, 0.25) is 0 Å². The van der Waals surface area contributed by atoms with Gasteiger partial charge in [-0.1, -0.05) is 0 Å². The first-order chi connectivity index (χ1) is 6.18. The number of aromatic nitrogens is 2. The zero-order valence-electron chi connectivity index (χ0n) is 7.53. The smallest absolute Gasteiger partial charge is 0.323 e. The fourth-order valence-electron chi connectivity index (χ4n) is 1.26. The molecule has 0 saturated carbocycles. The summed E-state index contributed by atoms with van der Waals surface area (Å²) in [5.74, 6) is 0.656. The molecule has 1 aliphatic rings. The second-order valence-corrected chi connectivity index (χ2v) is 3.00. The van der Waals surface area contributed by atoms with Gasteiger partial charge in [-0.3, -0.25) is 9.88 Å². The Balaban J connectivity index is 2.51. The number of carbonyl (C=O) groups is 1. The molecule has 1 aliphatic heterocycles. The van der Waals surface area contributed by atoms with E-state index in [1.165, 1.54) is 4.90 Å². The number of fused-ring (bicyclic) bond motifs is 1. The molecule has 0 saturated heterocycles. The molecule has 2 rings (SSSR count). The minimum absolute atomic E-state index is 0.132. The molecule has 5 heteroatoms. The van der Waals surface area contributed by atoms with Gasteiger partial charge >= 0.3 is 6.03 Å². The number of hydrogen-bond donors (Lipinski definition) is 1. The van der Waals surface area contributed by atoms with E-state index in [-0.39, 0.29) is 6.03 Å². The van der Waals surface area contributed by atoms with Crippen LogP contribution in [0.1, 0.15) is 11.4 Å². The summed E-state index contributed by atoms with van der Waals surface area (Å²) in [6, 6.07) is -0.132. The minimum Gasteiger partial charge on any atom is -0.332 e. The SMILES string of the molecule is Cc1cnc2c(n1)N(C)C(=O)NC2. The monoisotopic (exact) mass is 178 g/mol. The summed E-state index contributed by atoms with van der Waals surface area (Å²) in [4.78, 5) is 21.1. The van der Waals surface area contributed by atoms with Gasteiger partial charge in [-0.25, -0.2) is 9.78 Å². The molecule has 1 N–H and O–H groups in total. The fourth-order valence-corrected chi connectivity index (χ4v) is 1.26. The van der Waals surface area contributed by atoms with Gasteiger partial charge in [0.1, 0.15) is 5.69 Å². The third kappa shape index (κ3) is 1.22. The van der Waals surface area contributed by atoms with Crippen molar-refractivity contribution < 1.29 is 4.79 Å². The lowest BCUT2D eigenvalue weighted by molar-refractivity contribution is 0.245. The van der Waals surface area contributed by atoms with E-state index >= 15 is 0 Å². The van der Waals surface area contributed by atoms with Crippen molar-refractivity contribution in [3.05, 3.63) is 17.6 Å². The molecule has 0 atom stereocenters. The summed E-state index contributed by atoms with van der Waals surface area (Å²) < 4.78 is 0. The van der Waals surface area contributed by atoms with Crippen LogP contribution in [0.25, 0.3) is 0 Å². The number of carbonyl (C=O) groups excluding carboxylic acids is 1. The van der Waals surface area contributed by atoms with E-state index in [9.17, 15) is 4.79 Å². The van der Waals surface area contributed by atoms with Gasteiger partial charge in [0.05, 0.1) is 12.2 Å². The van der Waals surface area contributed by atoms with Crippen molar-refractivity contribution in [3.8, 4) is 0 Å². The van der Waals surface area contributed by atoms with E-state index in [1.807, 2.05) is 6.92 Å². The van der Waals surface area contributed by atoms with Crippen molar-refractivity contribution in [3.63, 3.8) is 0 Å². The highest BCUT2D eigenvalue weighted by Gasteiger charge is 2.22. The predicted octanol–water partition coefficient (Wildman–Crippen LogP) is 0.444. The summed E-state index contributed by atoms with van der Waals surface area (Å²) in [6.07, 6.45) is 1.70. The van der Waals surface area contributed by atoms with Crippen LogP contribution in [0.5, 0.6) is 0 Å². The van der Waals surface area contributed by atoms with Gasteiger partial charge in [-0.15, -0.1) is 0 Å². The molecule has 0 aliphatic carbocycles. The molecule has 0 fully saturated rings. The number of nitrogens with one attached hydrogen (secondary N) is 1. The average molecular weight is 178 g/mol. The maximum absolute atomic E-state index is 11.2. The molecule has 0 bridgehead atoms. The largest absolute Gasteiger partial charge is 0.332 e. The molecule has 68 valence electrons. The molecule has 2 amide bonds. The second kappa shape index (κ2) is 2.69. The fraction of sp³-hybridized carbons (Fsp3) is 0.375. The van der Waals surface area contributed by atoms with E-state index in [2.05, 4.69) is 15.3 Å². The van der Waals surface area contributed by atoms with Crippen LogP contribution in [-0.4, -0.2) is 23.0 Å². The van der Waals surface area contributed by atoms with Crippen molar-refractivity contribution >= 4 is 11.8 Å². The first kappa shape index (κ1) is 7.97. The van der Waals surface area contributed by atoms with Crippen LogP contribution in [-0.2, 0) is 6.54 Å². The van der Waals surface area contributed by atoms with Crippen LogP contribution in [0.3, 0.4) is 0 Å². The maximum Gasteiger partial charge on any atom is 0.323 e. The van der Waals surface area contributed by atoms with Crippen molar-refractivity contribution in [2.75, 3.05) is 11.9 Å². The zero-order valence-corrected chi connectivity index (χ0v) is 7.53. The quantitative estimate of drug-likeness (QED) is 0.627. The Morgan fingerprint density at radius 1 is 1.62 bits per heavy atom. The standard InChI is InChI=1S/C8H10N4O/c1-5-3-9-6-4-10-8(13)12(2)7(6)11-5/h3H,4H2,1-2H3,(H,10,13). The Morgan fingerprint density at radius 2 is 2.38 bits per heavy atom. The molecule has 0 unspecified atom stereocenters. The lowest BCUT2D eigenvalue weighted by Crippen LogP contribution is -2.42. The summed E-state index contributed by atoms with van der Waals surface area (Å²) in [7, 11) is 1.68. The van der Waals surface area contributed by atoms with Gasteiger partial charge in [0.2, 0.25) is 0 Å². The number of hydrogen-bond acceptors (Lipinski definition) is 3. The Bertz CT molecular complexity index is 363. The van der Waals surface area contributed by atoms with Crippen LogP contribution in [0.4, 0.5) is 10.6 Å². The third-order valence-electron chi connectivity index (χ3n) is 1.98. The van der Waals surface area contributed by atoms with E-state index in [4.69, 9.17) is 0 Å². The van der Waals surface area contributed by atoms with E-state index in [1.54, 1.807) is 13.2 Å². The third-order valence-corrected chi connectivity index (χ3v) is 1.98. The highest BCUT2D eigenvalue weighted by atomic mass is 16.2. The molecule has 2 heterocycles. The van der Waals surface area contributed by atoms with Crippen LogP contribution in [0, 0.1) is 6.92 Å². The summed E-state index contributed by atoms with van der Waals surface area (Å²) in [5, 5.41) is 2.69. The number of aryl methyl sites for hydroxylation is 1. The Hall–Kier alpha value is -1.65. The molecule has 13 heavy (non-hydrogen) atoms. The number of nitrogens with zero attached hydrogens (tertiary/aromatic N) is 3. The zero-order chi connectivity index (χ0) is 9.42. The van der Waals surface area contributed by atoms with Crippen LogP contribution < -0.4 is 10.2 Å². The van der Waals surface area contributed by atoms with Crippen LogP contribution >= 0.6 is 0 Å². The molecule has 1 aromatic heterocycles. The Kier molecular flexibility index (Phi) is 1.65. The predicted molar refractivity (Wildman–Crippen MR) is 47.4 cm³/mol. The van der Waals surface area contributed by atoms with E-state index in [0.29, 0.717) is 12.4 Å². The average Bonchev–Trinajstić information content (AvgIpc) is 2.12. The summed E-state index contributed by atoms with van der Waals surface area (Å²) in [6.45, 7) is 2.32. The molecule has 0 radical (unpaired) electrons. The molecule has 0 aromatic carbocycles.